The number of likely N-dealkylation sites (tertiary alicyclic amines) is 1. The Labute approximate surface area is 167 Å². The first kappa shape index (κ1) is 19.3. The molecule has 2 heterocycles. The zero-order valence-corrected chi connectivity index (χ0v) is 17.2. The molecule has 5 heteroatoms. The van der Waals surface area contributed by atoms with E-state index in [0.717, 1.165) is 54.3 Å². The molecule has 1 aliphatic carbocycles. The molecule has 150 valence electrons. The first-order valence-corrected chi connectivity index (χ1v) is 10.9. The van der Waals surface area contributed by atoms with Gasteiger partial charge in [0, 0.05) is 31.2 Å². The fraction of sp³-hybridized carbons (Fsp3) is 0.609. The Bertz CT molecular complexity index is 836. The number of rotatable bonds is 4. The number of nitrogens with zero attached hydrogens (tertiary/aromatic N) is 3. The molecule has 1 N–H and O–H groups in total. The molecule has 1 aliphatic heterocycles. The number of fused-ring (bicyclic) bond motifs is 1. The second-order valence-electron chi connectivity index (χ2n) is 8.65. The fourth-order valence-electron chi connectivity index (χ4n) is 4.64. The van der Waals surface area contributed by atoms with Crippen LogP contribution in [-0.2, 0) is 0 Å². The van der Waals surface area contributed by atoms with Gasteiger partial charge in [-0.3, -0.25) is 4.79 Å². The summed E-state index contributed by atoms with van der Waals surface area (Å²) in [6, 6.07) is 5.90. The third-order valence-electron chi connectivity index (χ3n) is 6.50. The first-order chi connectivity index (χ1) is 13.6. The number of carbonyl (C=O) groups excluding carboxylic acids is 1. The van der Waals surface area contributed by atoms with E-state index in [9.17, 15) is 4.79 Å². The van der Waals surface area contributed by atoms with Crippen LogP contribution in [0.3, 0.4) is 0 Å². The van der Waals surface area contributed by atoms with Gasteiger partial charge in [0.15, 0.2) is 0 Å². The standard InChI is InChI=1S/C23H32N4O/c1-16-17(2)25-22-14-19(8-9-21(22)24-16)23(28)26-20-10-12-27(13-11-20)15-18-6-4-3-5-7-18/h8-9,14,18,20H,3-7,10-13,15H2,1-2H3,(H,26,28). The number of benzene rings is 1. The molecular weight excluding hydrogens is 348 g/mol. The Morgan fingerprint density at radius 3 is 2.39 bits per heavy atom. The lowest BCUT2D eigenvalue weighted by Crippen LogP contribution is -2.45. The van der Waals surface area contributed by atoms with Crippen LogP contribution in [0, 0.1) is 19.8 Å². The van der Waals surface area contributed by atoms with Crippen LogP contribution in [0.4, 0.5) is 0 Å². The van der Waals surface area contributed by atoms with Crippen molar-refractivity contribution >= 4 is 16.9 Å². The van der Waals surface area contributed by atoms with Gasteiger partial charge in [0.05, 0.1) is 22.4 Å². The van der Waals surface area contributed by atoms with Gasteiger partial charge in [-0.2, -0.15) is 0 Å². The molecule has 0 atom stereocenters. The summed E-state index contributed by atoms with van der Waals surface area (Å²) in [6.45, 7) is 7.37. The normalized spacial score (nSPS) is 19.8. The van der Waals surface area contributed by atoms with Crippen LogP contribution < -0.4 is 5.32 Å². The zero-order chi connectivity index (χ0) is 19.5. The van der Waals surface area contributed by atoms with Crippen LogP contribution in [0.2, 0.25) is 0 Å². The van der Waals surface area contributed by atoms with Gasteiger partial charge < -0.3 is 10.2 Å². The molecule has 4 rings (SSSR count). The molecule has 1 aromatic heterocycles. The molecule has 2 fully saturated rings. The number of amides is 1. The summed E-state index contributed by atoms with van der Waals surface area (Å²) in [7, 11) is 0. The summed E-state index contributed by atoms with van der Waals surface area (Å²) < 4.78 is 0. The van der Waals surface area contributed by atoms with E-state index >= 15 is 0 Å². The summed E-state index contributed by atoms with van der Waals surface area (Å²) in [6.07, 6.45) is 9.14. The van der Waals surface area contributed by atoms with Crippen LogP contribution in [-0.4, -0.2) is 46.5 Å². The number of carbonyl (C=O) groups is 1. The van der Waals surface area contributed by atoms with Crippen LogP contribution >= 0.6 is 0 Å². The van der Waals surface area contributed by atoms with Gasteiger partial charge in [-0.1, -0.05) is 19.3 Å². The van der Waals surface area contributed by atoms with Gasteiger partial charge in [0.25, 0.3) is 5.91 Å². The molecule has 1 amide bonds. The van der Waals surface area contributed by atoms with E-state index in [1.807, 2.05) is 32.0 Å². The van der Waals surface area contributed by atoms with E-state index in [1.54, 1.807) is 0 Å². The minimum Gasteiger partial charge on any atom is -0.349 e. The Morgan fingerprint density at radius 1 is 1.00 bits per heavy atom. The molecule has 0 radical (unpaired) electrons. The molecule has 1 saturated heterocycles. The largest absolute Gasteiger partial charge is 0.349 e. The van der Waals surface area contributed by atoms with Crippen molar-refractivity contribution in [3.63, 3.8) is 0 Å². The Morgan fingerprint density at radius 2 is 1.68 bits per heavy atom. The smallest absolute Gasteiger partial charge is 0.251 e. The van der Waals surface area contributed by atoms with E-state index in [4.69, 9.17) is 0 Å². The number of aryl methyl sites for hydroxylation is 2. The Kier molecular flexibility index (Phi) is 5.90. The summed E-state index contributed by atoms with van der Waals surface area (Å²) in [4.78, 5) is 24.5. The second kappa shape index (κ2) is 8.56. The highest BCUT2D eigenvalue weighted by atomic mass is 16.1. The summed E-state index contributed by atoms with van der Waals surface area (Å²) >= 11 is 0. The van der Waals surface area contributed by atoms with Gasteiger partial charge in [-0.25, -0.2) is 9.97 Å². The predicted octanol–water partition coefficient (Wildman–Crippen LogP) is 4.02. The molecule has 2 aliphatic rings. The molecule has 1 saturated carbocycles. The molecular formula is C23H32N4O. The van der Waals surface area contributed by atoms with Crippen molar-refractivity contribution in [3.8, 4) is 0 Å². The van der Waals surface area contributed by atoms with Gasteiger partial charge in [-0.15, -0.1) is 0 Å². The Hall–Kier alpha value is -2.01. The molecule has 2 aromatic rings. The summed E-state index contributed by atoms with van der Waals surface area (Å²) in [5, 5.41) is 3.24. The fourth-order valence-corrected chi connectivity index (χ4v) is 4.64. The van der Waals surface area contributed by atoms with E-state index < -0.39 is 0 Å². The average Bonchev–Trinajstić information content (AvgIpc) is 2.71. The Balaban J connectivity index is 1.31. The quantitative estimate of drug-likeness (QED) is 0.870. The highest BCUT2D eigenvalue weighted by Gasteiger charge is 2.24. The molecule has 1 aromatic carbocycles. The number of hydrogen-bond donors (Lipinski definition) is 1. The van der Waals surface area contributed by atoms with Gasteiger partial charge in [0.1, 0.15) is 0 Å². The maximum absolute atomic E-state index is 12.7. The van der Waals surface area contributed by atoms with Crippen molar-refractivity contribution in [3.05, 3.63) is 35.2 Å². The number of piperidine rings is 1. The summed E-state index contributed by atoms with van der Waals surface area (Å²) in [5.41, 5.74) is 4.16. The zero-order valence-electron chi connectivity index (χ0n) is 17.2. The van der Waals surface area contributed by atoms with Crippen molar-refractivity contribution in [2.75, 3.05) is 19.6 Å². The monoisotopic (exact) mass is 380 g/mol. The molecule has 0 spiro atoms. The highest BCUT2D eigenvalue weighted by Crippen LogP contribution is 2.25. The molecule has 28 heavy (non-hydrogen) atoms. The maximum Gasteiger partial charge on any atom is 0.251 e. The van der Waals surface area contributed by atoms with Crippen molar-refractivity contribution in [1.82, 2.24) is 20.2 Å². The van der Waals surface area contributed by atoms with Gasteiger partial charge in [-0.05, 0) is 63.6 Å². The van der Waals surface area contributed by atoms with E-state index in [1.165, 1.54) is 38.6 Å². The van der Waals surface area contributed by atoms with Crippen molar-refractivity contribution < 1.29 is 4.79 Å². The van der Waals surface area contributed by atoms with Crippen LogP contribution in [0.1, 0.15) is 66.7 Å². The van der Waals surface area contributed by atoms with Crippen LogP contribution in [0.25, 0.3) is 11.0 Å². The lowest BCUT2D eigenvalue weighted by molar-refractivity contribution is 0.0901. The lowest BCUT2D eigenvalue weighted by atomic mass is 9.88. The highest BCUT2D eigenvalue weighted by molar-refractivity contribution is 5.97. The third-order valence-corrected chi connectivity index (χ3v) is 6.50. The topological polar surface area (TPSA) is 58.1 Å². The molecule has 5 nitrogen and oxygen atoms in total. The van der Waals surface area contributed by atoms with Gasteiger partial charge >= 0.3 is 0 Å². The number of hydrogen-bond acceptors (Lipinski definition) is 4. The SMILES string of the molecule is Cc1nc2ccc(C(=O)NC3CCN(CC4CCCCC4)CC3)cc2nc1C. The number of nitrogens with one attached hydrogen (secondary N) is 1. The predicted molar refractivity (Wildman–Crippen MR) is 113 cm³/mol. The van der Waals surface area contributed by atoms with Crippen LogP contribution in [0.15, 0.2) is 18.2 Å². The first-order valence-electron chi connectivity index (χ1n) is 10.9. The molecule has 0 bridgehead atoms. The second-order valence-corrected chi connectivity index (χ2v) is 8.65. The lowest BCUT2D eigenvalue weighted by Gasteiger charge is -2.35. The molecule has 0 unspecified atom stereocenters. The third kappa shape index (κ3) is 4.52. The van der Waals surface area contributed by atoms with Crippen molar-refractivity contribution in [1.29, 1.82) is 0 Å². The van der Waals surface area contributed by atoms with Gasteiger partial charge in [0.2, 0.25) is 0 Å². The van der Waals surface area contributed by atoms with E-state index in [0.29, 0.717) is 5.56 Å². The van der Waals surface area contributed by atoms with E-state index in [-0.39, 0.29) is 11.9 Å². The minimum atomic E-state index is 0.00709. The van der Waals surface area contributed by atoms with E-state index in [2.05, 4.69) is 20.2 Å². The minimum absolute atomic E-state index is 0.00709. The average molecular weight is 381 g/mol. The number of aromatic nitrogens is 2. The summed E-state index contributed by atoms with van der Waals surface area (Å²) in [5.74, 6) is 0.901. The maximum atomic E-state index is 12.7. The van der Waals surface area contributed by atoms with Crippen molar-refractivity contribution in [2.45, 2.75) is 64.8 Å². The van der Waals surface area contributed by atoms with Crippen molar-refractivity contribution in [2.24, 2.45) is 5.92 Å². The van der Waals surface area contributed by atoms with Crippen LogP contribution in [0.5, 0.6) is 0 Å².